The fraction of sp³-hybridized carbons (Fsp3) is 0.235. The number of aryl methyl sites for hydroxylation is 1. The van der Waals surface area contributed by atoms with Crippen LogP contribution < -0.4 is 4.74 Å². The van der Waals surface area contributed by atoms with Crippen molar-refractivity contribution in [2.45, 2.75) is 20.3 Å². The van der Waals surface area contributed by atoms with Gasteiger partial charge in [-0.05, 0) is 43.2 Å². The Bertz CT molecular complexity index is 650. The first-order valence-electron chi connectivity index (χ1n) is 6.96. The summed E-state index contributed by atoms with van der Waals surface area (Å²) < 4.78 is 5.33. The minimum Gasteiger partial charge on any atom is -0.506 e. The van der Waals surface area contributed by atoms with Crippen molar-refractivity contribution in [1.82, 2.24) is 0 Å². The van der Waals surface area contributed by atoms with E-state index in [1.165, 1.54) is 6.21 Å². The molecule has 4 heteroatoms. The number of hydrogen-bond acceptors (Lipinski definition) is 4. The normalized spacial score (nSPS) is 11.0. The molecule has 0 saturated heterocycles. The first kappa shape index (κ1) is 14.9. The second kappa shape index (κ2) is 6.79. The summed E-state index contributed by atoms with van der Waals surface area (Å²) in [6.07, 6.45) is 2.39. The SMILES string of the molecule is CCOc1cccc(C=Nc2cc(CC)ccc2O)c1O. The molecule has 0 saturated carbocycles. The average molecular weight is 285 g/mol. The standard InChI is InChI=1S/C17H19NO3/c1-3-12-8-9-15(19)14(10-12)18-11-13-6-5-7-16(17(13)20)21-4-2/h5-11,19-20H,3-4H2,1-2H3. The van der Waals surface area contributed by atoms with Gasteiger partial charge in [0.05, 0.1) is 6.61 Å². The van der Waals surface area contributed by atoms with Crippen molar-refractivity contribution < 1.29 is 14.9 Å². The van der Waals surface area contributed by atoms with E-state index in [-0.39, 0.29) is 11.5 Å². The highest BCUT2D eigenvalue weighted by Gasteiger charge is 2.06. The summed E-state index contributed by atoms with van der Waals surface area (Å²) in [5.41, 5.74) is 2.12. The highest BCUT2D eigenvalue weighted by molar-refractivity contribution is 5.87. The molecule has 0 unspecified atom stereocenters. The third-order valence-electron chi connectivity index (χ3n) is 3.12. The monoisotopic (exact) mass is 285 g/mol. The third-order valence-corrected chi connectivity index (χ3v) is 3.12. The molecule has 0 atom stereocenters. The third kappa shape index (κ3) is 3.54. The molecule has 0 amide bonds. The van der Waals surface area contributed by atoms with Crippen LogP contribution in [0.4, 0.5) is 5.69 Å². The summed E-state index contributed by atoms with van der Waals surface area (Å²) in [7, 11) is 0. The second-order valence-electron chi connectivity index (χ2n) is 4.56. The Hall–Kier alpha value is -2.49. The van der Waals surface area contributed by atoms with Gasteiger partial charge in [0.2, 0.25) is 0 Å². The molecule has 0 radical (unpaired) electrons. The number of ether oxygens (including phenoxy) is 1. The molecular weight excluding hydrogens is 266 g/mol. The van der Waals surface area contributed by atoms with E-state index in [2.05, 4.69) is 4.99 Å². The number of phenols is 2. The van der Waals surface area contributed by atoms with Gasteiger partial charge in [-0.3, -0.25) is 4.99 Å². The van der Waals surface area contributed by atoms with Gasteiger partial charge < -0.3 is 14.9 Å². The van der Waals surface area contributed by atoms with Gasteiger partial charge >= 0.3 is 0 Å². The van der Waals surface area contributed by atoms with Crippen LogP contribution in [0, 0.1) is 0 Å². The van der Waals surface area contributed by atoms with Gasteiger partial charge in [0.25, 0.3) is 0 Å². The molecule has 4 nitrogen and oxygen atoms in total. The van der Waals surface area contributed by atoms with Gasteiger partial charge in [-0.1, -0.05) is 19.1 Å². The summed E-state index contributed by atoms with van der Waals surface area (Å²) in [6, 6.07) is 10.5. The lowest BCUT2D eigenvalue weighted by Gasteiger charge is -2.07. The zero-order chi connectivity index (χ0) is 15.2. The van der Waals surface area contributed by atoms with E-state index in [4.69, 9.17) is 4.74 Å². The summed E-state index contributed by atoms with van der Waals surface area (Å²) in [6.45, 7) is 4.37. The number of hydrogen-bond donors (Lipinski definition) is 2. The van der Waals surface area contributed by atoms with E-state index in [1.54, 1.807) is 24.3 Å². The number of nitrogens with zero attached hydrogens (tertiary/aromatic N) is 1. The number of rotatable bonds is 5. The maximum atomic E-state index is 10.1. The highest BCUT2D eigenvalue weighted by atomic mass is 16.5. The van der Waals surface area contributed by atoms with Crippen molar-refractivity contribution in [2.75, 3.05) is 6.61 Å². The van der Waals surface area contributed by atoms with Crippen LogP contribution in [0.3, 0.4) is 0 Å². The molecular formula is C17H19NO3. The van der Waals surface area contributed by atoms with E-state index in [0.29, 0.717) is 23.6 Å². The van der Waals surface area contributed by atoms with Gasteiger partial charge in [0.15, 0.2) is 11.5 Å². The smallest absolute Gasteiger partial charge is 0.166 e. The Kier molecular flexibility index (Phi) is 4.82. The predicted octanol–water partition coefficient (Wildman–Crippen LogP) is 3.81. The van der Waals surface area contributed by atoms with Crippen molar-refractivity contribution in [3.63, 3.8) is 0 Å². The average Bonchev–Trinajstić information content (AvgIpc) is 2.50. The van der Waals surface area contributed by atoms with Gasteiger partial charge in [0, 0.05) is 11.8 Å². The van der Waals surface area contributed by atoms with Crippen LogP contribution in [0.1, 0.15) is 25.0 Å². The minimum absolute atomic E-state index is 0.0502. The van der Waals surface area contributed by atoms with E-state index < -0.39 is 0 Å². The zero-order valence-electron chi connectivity index (χ0n) is 12.2. The molecule has 110 valence electrons. The molecule has 2 N–H and O–H groups in total. The Labute approximate surface area is 124 Å². The topological polar surface area (TPSA) is 62.0 Å². The number of benzene rings is 2. The van der Waals surface area contributed by atoms with Crippen molar-refractivity contribution in [3.8, 4) is 17.2 Å². The van der Waals surface area contributed by atoms with E-state index in [1.807, 2.05) is 26.0 Å². The Morgan fingerprint density at radius 1 is 1.14 bits per heavy atom. The van der Waals surface area contributed by atoms with Crippen molar-refractivity contribution in [2.24, 2.45) is 4.99 Å². The number of aromatic hydroxyl groups is 2. The van der Waals surface area contributed by atoms with Crippen LogP contribution in [0.25, 0.3) is 0 Å². The van der Waals surface area contributed by atoms with Crippen LogP contribution in [0.2, 0.25) is 0 Å². The molecule has 0 spiro atoms. The van der Waals surface area contributed by atoms with Crippen LogP contribution in [-0.4, -0.2) is 23.0 Å². The molecule has 0 aliphatic heterocycles. The zero-order valence-corrected chi connectivity index (χ0v) is 12.2. The van der Waals surface area contributed by atoms with E-state index in [0.717, 1.165) is 12.0 Å². The summed E-state index contributed by atoms with van der Waals surface area (Å²) >= 11 is 0. The molecule has 0 heterocycles. The minimum atomic E-state index is 0.0502. The fourth-order valence-corrected chi connectivity index (χ4v) is 1.95. The lowest BCUT2D eigenvalue weighted by Crippen LogP contribution is -1.93. The summed E-state index contributed by atoms with van der Waals surface area (Å²) in [5, 5.41) is 19.9. The van der Waals surface area contributed by atoms with Crippen molar-refractivity contribution >= 4 is 11.9 Å². The largest absolute Gasteiger partial charge is 0.506 e. The van der Waals surface area contributed by atoms with Gasteiger partial charge in [-0.2, -0.15) is 0 Å². The molecule has 0 aromatic heterocycles. The van der Waals surface area contributed by atoms with Gasteiger partial charge in [-0.15, -0.1) is 0 Å². The molecule has 0 bridgehead atoms. The molecule has 2 rings (SSSR count). The Morgan fingerprint density at radius 2 is 1.95 bits per heavy atom. The van der Waals surface area contributed by atoms with E-state index in [9.17, 15) is 10.2 Å². The van der Waals surface area contributed by atoms with E-state index >= 15 is 0 Å². The van der Waals surface area contributed by atoms with Crippen LogP contribution in [0.15, 0.2) is 41.4 Å². The quantitative estimate of drug-likeness (QED) is 0.821. The second-order valence-corrected chi connectivity index (χ2v) is 4.56. The highest BCUT2D eigenvalue weighted by Crippen LogP contribution is 2.31. The molecule has 2 aromatic carbocycles. The van der Waals surface area contributed by atoms with Crippen LogP contribution >= 0.6 is 0 Å². The summed E-state index contributed by atoms with van der Waals surface area (Å²) in [4.78, 5) is 4.26. The summed E-state index contributed by atoms with van der Waals surface area (Å²) in [5.74, 6) is 0.589. The number of aliphatic imine (C=N–C) groups is 1. The van der Waals surface area contributed by atoms with Crippen LogP contribution in [0.5, 0.6) is 17.2 Å². The van der Waals surface area contributed by atoms with Crippen LogP contribution in [-0.2, 0) is 6.42 Å². The van der Waals surface area contributed by atoms with Gasteiger partial charge in [0.1, 0.15) is 11.4 Å². The maximum absolute atomic E-state index is 10.1. The molecule has 0 aliphatic carbocycles. The molecule has 0 fully saturated rings. The first-order chi connectivity index (χ1) is 10.2. The maximum Gasteiger partial charge on any atom is 0.166 e. The Morgan fingerprint density at radius 3 is 2.67 bits per heavy atom. The lowest BCUT2D eigenvalue weighted by atomic mass is 10.1. The molecule has 21 heavy (non-hydrogen) atoms. The first-order valence-corrected chi connectivity index (χ1v) is 6.96. The fourth-order valence-electron chi connectivity index (χ4n) is 1.95. The molecule has 0 aliphatic rings. The number of phenolic OH excluding ortho intramolecular Hbond substituents is 2. The predicted molar refractivity (Wildman–Crippen MR) is 84.0 cm³/mol. The number of para-hydroxylation sites is 1. The van der Waals surface area contributed by atoms with Crippen molar-refractivity contribution in [1.29, 1.82) is 0 Å². The lowest BCUT2D eigenvalue weighted by molar-refractivity contribution is 0.318. The Balaban J connectivity index is 2.31. The van der Waals surface area contributed by atoms with Gasteiger partial charge in [-0.25, -0.2) is 0 Å². The molecule has 2 aromatic rings. The van der Waals surface area contributed by atoms with Crippen molar-refractivity contribution in [3.05, 3.63) is 47.5 Å².